The Balaban J connectivity index is 1.65. The van der Waals surface area contributed by atoms with Crippen molar-refractivity contribution in [3.8, 4) is 5.75 Å². The summed E-state index contributed by atoms with van der Waals surface area (Å²) in [6.07, 6.45) is -0.718. The zero-order valence-corrected chi connectivity index (χ0v) is 18.9. The number of amides is 1. The standard InChI is InChI=1S/C22H24N2O4S2/c1-15-7-12-20(16(2)14-15)23-22(25)17(3)28-19-10-8-18(9-11-19)24(4)30(26,27)21-6-5-13-29-21/h5-14,17H,1-4H3,(H,23,25). The molecule has 1 N–H and O–H groups in total. The van der Waals surface area contributed by atoms with Crippen molar-refractivity contribution in [3.63, 3.8) is 0 Å². The Kier molecular flexibility index (Phi) is 6.48. The molecular formula is C22H24N2O4S2. The van der Waals surface area contributed by atoms with Crippen molar-refractivity contribution in [2.24, 2.45) is 0 Å². The first-order chi connectivity index (χ1) is 14.2. The van der Waals surface area contributed by atoms with Crippen molar-refractivity contribution in [2.45, 2.75) is 31.1 Å². The molecule has 0 spiro atoms. The lowest BCUT2D eigenvalue weighted by atomic mass is 10.1. The van der Waals surface area contributed by atoms with Gasteiger partial charge in [-0.05, 0) is 68.1 Å². The number of sulfonamides is 1. The first-order valence-electron chi connectivity index (χ1n) is 9.36. The highest BCUT2D eigenvalue weighted by Gasteiger charge is 2.22. The van der Waals surface area contributed by atoms with E-state index in [1.807, 2.05) is 32.0 Å². The molecule has 0 fully saturated rings. The average molecular weight is 445 g/mol. The minimum atomic E-state index is -3.59. The van der Waals surface area contributed by atoms with Crippen molar-refractivity contribution >= 4 is 38.6 Å². The lowest BCUT2D eigenvalue weighted by Gasteiger charge is -2.20. The summed E-state index contributed by atoms with van der Waals surface area (Å²) in [6.45, 7) is 5.60. The lowest BCUT2D eigenvalue weighted by Crippen LogP contribution is -2.30. The number of thiophene rings is 1. The fourth-order valence-corrected chi connectivity index (χ4v) is 5.22. The van der Waals surface area contributed by atoms with E-state index in [0.29, 0.717) is 11.4 Å². The van der Waals surface area contributed by atoms with Crippen LogP contribution in [0.1, 0.15) is 18.1 Å². The first-order valence-corrected chi connectivity index (χ1v) is 11.7. The number of ether oxygens (including phenoxy) is 1. The second kappa shape index (κ2) is 8.89. The van der Waals surface area contributed by atoms with Crippen molar-refractivity contribution in [1.82, 2.24) is 0 Å². The van der Waals surface area contributed by atoms with Crippen molar-refractivity contribution in [1.29, 1.82) is 0 Å². The van der Waals surface area contributed by atoms with Gasteiger partial charge < -0.3 is 10.1 Å². The Labute approximate surface area is 181 Å². The molecule has 30 heavy (non-hydrogen) atoms. The summed E-state index contributed by atoms with van der Waals surface area (Å²) in [5.74, 6) is 0.215. The quantitative estimate of drug-likeness (QED) is 0.578. The molecule has 6 nitrogen and oxygen atoms in total. The molecule has 0 aliphatic rings. The van der Waals surface area contributed by atoms with Gasteiger partial charge in [-0.15, -0.1) is 11.3 Å². The van der Waals surface area contributed by atoms with Crippen LogP contribution in [0, 0.1) is 13.8 Å². The van der Waals surface area contributed by atoms with Crippen LogP contribution < -0.4 is 14.4 Å². The lowest BCUT2D eigenvalue weighted by molar-refractivity contribution is -0.122. The van der Waals surface area contributed by atoms with Gasteiger partial charge in [0.2, 0.25) is 0 Å². The van der Waals surface area contributed by atoms with Gasteiger partial charge in [-0.3, -0.25) is 9.10 Å². The molecule has 158 valence electrons. The topological polar surface area (TPSA) is 75.7 Å². The second-order valence-electron chi connectivity index (χ2n) is 6.97. The van der Waals surface area contributed by atoms with Crippen LogP contribution in [0.3, 0.4) is 0 Å². The molecule has 0 saturated heterocycles. The highest BCUT2D eigenvalue weighted by Crippen LogP contribution is 2.27. The van der Waals surface area contributed by atoms with Gasteiger partial charge >= 0.3 is 0 Å². The molecule has 1 amide bonds. The number of nitrogens with zero attached hydrogens (tertiary/aromatic N) is 1. The number of rotatable bonds is 7. The third kappa shape index (κ3) is 4.83. The van der Waals surface area contributed by atoms with Crippen LogP contribution in [0.15, 0.2) is 64.2 Å². The van der Waals surface area contributed by atoms with Gasteiger partial charge in [-0.2, -0.15) is 0 Å². The molecule has 0 aliphatic heterocycles. The summed E-state index contributed by atoms with van der Waals surface area (Å²) >= 11 is 1.17. The third-order valence-electron chi connectivity index (χ3n) is 4.63. The number of hydrogen-bond donors (Lipinski definition) is 1. The molecule has 0 saturated carbocycles. The van der Waals surface area contributed by atoms with Crippen LogP contribution in [0.4, 0.5) is 11.4 Å². The highest BCUT2D eigenvalue weighted by atomic mass is 32.2. The zero-order chi connectivity index (χ0) is 21.9. The van der Waals surface area contributed by atoms with Gasteiger partial charge in [0.15, 0.2) is 6.10 Å². The monoisotopic (exact) mass is 444 g/mol. The predicted molar refractivity (Wildman–Crippen MR) is 121 cm³/mol. The molecule has 1 heterocycles. The summed E-state index contributed by atoms with van der Waals surface area (Å²) in [5.41, 5.74) is 3.36. The number of carbonyl (C=O) groups excluding carboxylic acids is 1. The second-order valence-corrected chi connectivity index (χ2v) is 10.1. The van der Waals surface area contributed by atoms with E-state index in [9.17, 15) is 13.2 Å². The van der Waals surface area contributed by atoms with E-state index in [-0.39, 0.29) is 10.1 Å². The summed E-state index contributed by atoms with van der Waals surface area (Å²) in [5, 5.41) is 4.60. The van der Waals surface area contributed by atoms with Crippen molar-refractivity contribution < 1.29 is 17.9 Å². The Morgan fingerprint density at radius 3 is 2.40 bits per heavy atom. The number of anilines is 2. The van der Waals surface area contributed by atoms with Crippen molar-refractivity contribution in [3.05, 3.63) is 71.1 Å². The molecule has 1 atom stereocenters. The minimum Gasteiger partial charge on any atom is -0.481 e. The molecular weight excluding hydrogens is 420 g/mol. The largest absolute Gasteiger partial charge is 0.481 e. The molecule has 0 bridgehead atoms. The van der Waals surface area contributed by atoms with Crippen LogP contribution in [0.2, 0.25) is 0 Å². The maximum atomic E-state index is 12.6. The molecule has 0 radical (unpaired) electrons. The van der Waals surface area contributed by atoms with E-state index in [0.717, 1.165) is 16.8 Å². The smallest absolute Gasteiger partial charge is 0.273 e. The van der Waals surface area contributed by atoms with Crippen LogP contribution in [-0.4, -0.2) is 27.5 Å². The molecule has 1 unspecified atom stereocenters. The SMILES string of the molecule is Cc1ccc(NC(=O)C(C)Oc2ccc(N(C)S(=O)(=O)c3cccs3)cc2)c(C)c1. The van der Waals surface area contributed by atoms with E-state index in [2.05, 4.69) is 5.32 Å². The molecule has 3 rings (SSSR count). The first kappa shape index (κ1) is 21.9. The number of benzene rings is 2. The number of carbonyl (C=O) groups is 1. The Morgan fingerprint density at radius 2 is 1.80 bits per heavy atom. The Morgan fingerprint density at radius 1 is 1.10 bits per heavy atom. The van der Waals surface area contributed by atoms with E-state index in [4.69, 9.17) is 4.74 Å². The fraction of sp³-hybridized carbons (Fsp3) is 0.227. The molecule has 0 aliphatic carbocycles. The van der Waals surface area contributed by atoms with Gasteiger partial charge in [-0.25, -0.2) is 8.42 Å². The summed E-state index contributed by atoms with van der Waals surface area (Å²) in [4.78, 5) is 12.5. The number of aryl methyl sites for hydroxylation is 2. The van der Waals surface area contributed by atoms with E-state index in [1.54, 1.807) is 48.7 Å². The van der Waals surface area contributed by atoms with Crippen LogP contribution >= 0.6 is 11.3 Å². The van der Waals surface area contributed by atoms with E-state index in [1.165, 1.54) is 22.7 Å². The fourth-order valence-electron chi connectivity index (χ4n) is 2.86. The summed E-state index contributed by atoms with van der Waals surface area (Å²) < 4.78 is 32.5. The van der Waals surface area contributed by atoms with E-state index >= 15 is 0 Å². The van der Waals surface area contributed by atoms with Gasteiger partial charge in [0.05, 0.1) is 5.69 Å². The number of hydrogen-bond acceptors (Lipinski definition) is 5. The van der Waals surface area contributed by atoms with Gasteiger partial charge in [0, 0.05) is 12.7 Å². The normalized spacial score (nSPS) is 12.3. The van der Waals surface area contributed by atoms with Gasteiger partial charge in [0.25, 0.3) is 15.9 Å². The zero-order valence-electron chi connectivity index (χ0n) is 17.2. The highest BCUT2D eigenvalue weighted by molar-refractivity contribution is 7.94. The minimum absolute atomic E-state index is 0.261. The Hall–Kier alpha value is -2.84. The van der Waals surface area contributed by atoms with Crippen LogP contribution in [-0.2, 0) is 14.8 Å². The Bertz CT molecular complexity index is 1120. The van der Waals surface area contributed by atoms with Crippen LogP contribution in [0.25, 0.3) is 0 Å². The van der Waals surface area contributed by atoms with Crippen LogP contribution in [0.5, 0.6) is 5.75 Å². The van der Waals surface area contributed by atoms with Gasteiger partial charge in [0.1, 0.15) is 9.96 Å². The molecule has 2 aromatic carbocycles. The molecule has 3 aromatic rings. The van der Waals surface area contributed by atoms with E-state index < -0.39 is 16.1 Å². The predicted octanol–water partition coefficient (Wildman–Crippen LogP) is 4.60. The summed E-state index contributed by atoms with van der Waals surface area (Å²) in [6, 6.07) is 15.7. The molecule has 1 aromatic heterocycles. The summed E-state index contributed by atoms with van der Waals surface area (Å²) in [7, 11) is -2.09. The maximum Gasteiger partial charge on any atom is 0.273 e. The average Bonchev–Trinajstić information content (AvgIpc) is 3.26. The number of nitrogens with one attached hydrogen (secondary N) is 1. The maximum absolute atomic E-state index is 12.6. The third-order valence-corrected chi connectivity index (χ3v) is 7.79. The van der Waals surface area contributed by atoms with Crippen molar-refractivity contribution in [2.75, 3.05) is 16.7 Å². The van der Waals surface area contributed by atoms with Gasteiger partial charge in [-0.1, -0.05) is 23.8 Å². The molecule has 8 heteroatoms.